The highest BCUT2D eigenvalue weighted by molar-refractivity contribution is 9.11. The first-order valence-corrected chi connectivity index (χ1v) is 9.45. The maximum absolute atomic E-state index is 5.34. The SMILES string of the molecule is CCC1CCC(CNCc2cc(Br)c(OC)c(Br)c2)CC1. The number of benzene rings is 1. The molecule has 1 fully saturated rings. The maximum atomic E-state index is 5.34. The van der Waals surface area contributed by atoms with E-state index < -0.39 is 0 Å². The molecule has 0 radical (unpaired) electrons. The van der Waals surface area contributed by atoms with E-state index >= 15 is 0 Å². The number of hydrogen-bond donors (Lipinski definition) is 1. The summed E-state index contributed by atoms with van der Waals surface area (Å²) < 4.78 is 7.34. The highest BCUT2D eigenvalue weighted by Gasteiger charge is 2.19. The van der Waals surface area contributed by atoms with Crippen LogP contribution in [-0.4, -0.2) is 13.7 Å². The van der Waals surface area contributed by atoms with Crippen LogP contribution < -0.4 is 10.1 Å². The van der Waals surface area contributed by atoms with Crippen LogP contribution >= 0.6 is 31.9 Å². The highest BCUT2D eigenvalue weighted by atomic mass is 79.9. The van der Waals surface area contributed by atoms with E-state index in [4.69, 9.17) is 4.74 Å². The van der Waals surface area contributed by atoms with Gasteiger partial charge in [0.15, 0.2) is 0 Å². The number of rotatable bonds is 6. The molecule has 2 rings (SSSR count). The lowest BCUT2D eigenvalue weighted by Gasteiger charge is -2.28. The van der Waals surface area contributed by atoms with Gasteiger partial charge >= 0.3 is 0 Å². The predicted molar refractivity (Wildman–Crippen MR) is 95.8 cm³/mol. The fourth-order valence-electron chi connectivity index (χ4n) is 3.17. The molecule has 0 bridgehead atoms. The van der Waals surface area contributed by atoms with Crippen molar-refractivity contribution >= 4 is 31.9 Å². The molecule has 1 aliphatic rings. The van der Waals surface area contributed by atoms with Crippen LogP contribution in [0.15, 0.2) is 21.1 Å². The first-order chi connectivity index (χ1) is 10.1. The van der Waals surface area contributed by atoms with Crippen molar-refractivity contribution in [2.24, 2.45) is 11.8 Å². The molecule has 118 valence electrons. The molecular weight excluding hydrogens is 394 g/mol. The fourth-order valence-corrected chi connectivity index (χ4v) is 4.78. The summed E-state index contributed by atoms with van der Waals surface area (Å²) in [6.45, 7) is 4.37. The minimum Gasteiger partial charge on any atom is -0.494 e. The summed E-state index contributed by atoms with van der Waals surface area (Å²) in [7, 11) is 1.69. The average Bonchev–Trinajstić information content (AvgIpc) is 2.48. The molecule has 4 heteroatoms. The molecule has 0 saturated heterocycles. The summed E-state index contributed by atoms with van der Waals surface area (Å²) in [6.07, 6.45) is 6.97. The van der Waals surface area contributed by atoms with Crippen LogP contribution in [0.5, 0.6) is 5.75 Å². The molecule has 0 unspecified atom stereocenters. The van der Waals surface area contributed by atoms with E-state index in [9.17, 15) is 0 Å². The number of nitrogens with one attached hydrogen (secondary N) is 1. The summed E-state index contributed by atoms with van der Waals surface area (Å²) in [5.41, 5.74) is 1.27. The molecule has 1 saturated carbocycles. The molecule has 1 N–H and O–H groups in total. The van der Waals surface area contributed by atoms with Crippen molar-refractivity contribution in [3.05, 3.63) is 26.6 Å². The van der Waals surface area contributed by atoms with Crippen LogP contribution in [0.25, 0.3) is 0 Å². The smallest absolute Gasteiger partial charge is 0.147 e. The Kier molecular flexibility index (Phi) is 7.03. The van der Waals surface area contributed by atoms with E-state index in [1.165, 1.54) is 37.7 Å². The quantitative estimate of drug-likeness (QED) is 0.655. The second-order valence-corrected chi connectivity index (χ2v) is 7.73. The summed E-state index contributed by atoms with van der Waals surface area (Å²) in [4.78, 5) is 0. The van der Waals surface area contributed by atoms with Gasteiger partial charge < -0.3 is 10.1 Å². The van der Waals surface area contributed by atoms with Gasteiger partial charge in [-0.1, -0.05) is 26.2 Å². The van der Waals surface area contributed by atoms with E-state index in [0.29, 0.717) is 0 Å². The van der Waals surface area contributed by atoms with E-state index in [1.54, 1.807) is 7.11 Å². The molecule has 1 aromatic rings. The molecule has 21 heavy (non-hydrogen) atoms. The monoisotopic (exact) mass is 417 g/mol. The van der Waals surface area contributed by atoms with Crippen molar-refractivity contribution in [1.82, 2.24) is 5.32 Å². The normalized spacial score (nSPS) is 22.3. The molecule has 0 aromatic heterocycles. The van der Waals surface area contributed by atoms with Gasteiger partial charge in [0, 0.05) is 6.54 Å². The Bertz CT molecular complexity index is 433. The topological polar surface area (TPSA) is 21.3 Å². The van der Waals surface area contributed by atoms with Gasteiger partial charge in [-0.05, 0) is 80.8 Å². The molecule has 0 amide bonds. The van der Waals surface area contributed by atoms with Crippen LogP contribution in [-0.2, 0) is 6.54 Å². The Balaban J connectivity index is 1.79. The van der Waals surface area contributed by atoms with Crippen LogP contribution in [0.3, 0.4) is 0 Å². The van der Waals surface area contributed by atoms with Crippen molar-refractivity contribution in [2.75, 3.05) is 13.7 Å². The number of methoxy groups -OCH3 is 1. The number of hydrogen-bond acceptors (Lipinski definition) is 2. The van der Waals surface area contributed by atoms with Crippen LogP contribution in [0.1, 0.15) is 44.6 Å². The fraction of sp³-hybridized carbons (Fsp3) is 0.647. The minimum atomic E-state index is 0.858. The number of ether oxygens (including phenoxy) is 1. The Labute approximate surface area is 145 Å². The third-order valence-corrected chi connectivity index (χ3v) is 5.75. The van der Waals surface area contributed by atoms with E-state index in [-0.39, 0.29) is 0 Å². The summed E-state index contributed by atoms with van der Waals surface area (Å²) in [5, 5.41) is 3.61. The van der Waals surface area contributed by atoms with Gasteiger partial charge in [-0.3, -0.25) is 0 Å². The van der Waals surface area contributed by atoms with Crippen molar-refractivity contribution in [3.8, 4) is 5.75 Å². The van der Waals surface area contributed by atoms with Crippen molar-refractivity contribution < 1.29 is 4.74 Å². The van der Waals surface area contributed by atoms with Gasteiger partial charge in [-0.25, -0.2) is 0 Å². The summed E-state index contributed by atoms with van der Waals surface area (Å²) >= 11 is 7.12. The second-order valence-electron chi connectivity index (χ2n) is 6.02. The predicted octanol–water partition coefficient (Wildman–Crippen LogP) is 5.53. The Hall–Kier alpha value is -0.0600. The van der Waals surface area contributed by atoms with Crippen molar-refractivity contribution in [3.63, 3.8) is 0 Å². The summed E-state index contributed by atoms with van der Waals surface area (Å²) in [6, 6.07) is 4.26. The van der Waals surface area contributed by atoms with Crippen molar-refractivity contribution in [2.45, 2.75) is 45.6 Å². The Morgan fingerprint density at radius 3 is 2.19 bits per heavy atom. The maximum Gasteiger partial charge on any atom is 0.147 e. The molecular formula is C17H25Br2NO. The zero-order valence-electron chi connectivity index (χ0n) is 12.9. The third kappa shape index (κ3) is 4.97. The third-order valence-electron chi connectivity index (χ3n) is 4.57. The second kappa shape index (κ2) is 8.54. The van der Waals surface area contributed by atoms with Gasteiger partial charge in [-0.2, -0.15) is 0 Å². The lowest BCUT2D eigenvalue weighted by Crippen LogP contribution is -2.26. The Morgan fingerprint density at radius 2 is 1.67 bits per heavy atom. The van der Waals surface area contributed by atoms with E-state index in [1.807, 2.05) is 0 Å². The average molecular weight is 419 g/mol. The van der Waals surface area contributed by atoms with Gasteiger partial charge in [0.25, 0.3) is 0 Å². The molecule has 1 aromatic carbocycles. The number of halogens is 2. The molecule has 0 aliphatic heterocycles. The van der Waals surface area contributed by atoms with Gasteiger partial charge in [-0.15, -0.1) is 0 Å². The van der Waals surface area contributed by atoms with Crippen LogP contribution in [0.2, 0.25) is 0 Å². The van der Waals surface area contributed by atoms with Gasteiger partial charge in [0.1, 0.15) is 5.75 Å². The van der Waals surface area contributed by atoms with Crippen molar-refractivity contribution in [1.29, 1.82) is 0 Å². The lowest BCUT2D eigenvalue weighted by molar-refractivity contribution is 0.262. The molecule has 0 spiro atoms. The highest BCUT2D eigenvalue weighted by Crippen LogP contribution is 2.34. The zero-order chi connectivity index (χ0) is 15.2. The lowest BCUT2D eigenvalue weighted by atomic mass is 9.81. The summed E-state index contributed by atoms with van der Waals surface area (Å²) in [5.74, 6) is 2.70. The van der Waals surface area contributed by atoms with E-state index in [2.05, 4.69) is 56.2 Å². The molecule has 1 aliphatic carbocycles. The Morgan fingerprint density at radius 1 is 1.10 bits per heavy atom. The zero-order valence-corrected chi connectivity index (χ0v) is 16.1. The van der Waals surface area contributed by atoms with Gasteiger partial charge in [0.05, 0.1) is 16.1 Å². The van der Waals surface area contributed by atoms with Crippen LogP contribution in [0, 0.1) is 11.8 Å². The standard InChI is InChI=1S/C17H25Br2NO/c1-3-12-4-6-13(7-5-12)10-20-11-14-8-15(18)17(21-2)16(19)9-14/h8-9,12-13,20H,3-7,10-11H2,1-2H3. The van der Waals surface area contributed by atoms with E-state index in [0.717, 1.165) is 39.6 Å². The molecule has 0 atom stereocenters. The first kappa shape index (κ1) is 17.3. The van der Waals surface area contributed by atoms with Crippen LogP contribution in [0.4, 0.5) is 0 Å². The van der Waals surface area contributed by atoms with Gasteiger partial charge in [0.2, 0.25) is 0 Å². The molecule has 0 heterocycles. The first-order valence-electron chi connectivity index (χ1n) is 7.86. The minimum absolute atomic E-state index is 0.858. The largest absolute Gasteiger partial charge is 0.494 e. The molecule has 2 nitrogen and oxygen atoms in total.